The third kappa shape index (κ3) is 4.35. The molecule has 2 heterocycles. The fraction of sp³-hybridized carbons (Fsp3) is 0.143. The van der Waals surface area contributed by atoms with Crippen LogP contribution in [0.5, 0.6) is 5.75 Å². The van der Waals surface area contributed by atoms with E-state index in [1.165, 1.54) is 0 Å². The van der Waals surface area contributed by atoms with Gasteiger partial charge in [0, 0.05) is 12.7 Å². The zero-order valence-electron chi connectivity index (χ0n) is 14.7. The van der Waals surface area contributed by atoms with Crippen LogP contribution in [0.1, 0.15) is 0 Å². The number of nitrogens with zero attached hydrogens (tertiary/aromatic N) is 2. The molecular formula is C21H19N3O2S. The predicted molar refractivity (Wildman–Crippen MR) is 108 cm³/mol. The number of carbonyl (C=O) groups is 1. The molecule has 0 bridgehead atoms. The van der Waals surface area contributed by atoms with Gasteiger partial charge in [0.05, 0.1) is 11.4 Å². The van der Waals surface area contributed by atoms with Crippen molar-refractivity contribution in [3.05, 3.63) is 72.2 Å². The van der Waals surface area contributed by atoms with Crippen molar-refractivity contribution in [2.24, 2.45) is 0 Å². The molecule has 4 aromatic rings. The van der Waals surface area contributed by atoms with Crippen molar-refractivity contribution >= 4 is 28.0 Å². The number of hydrogen-bond donors (Lipinski definition) is 1. The Balaban J connectivity index is 1.23. The Morgan fingerprint density at radius 1 is 1.07 bits per heavy atom. The average Bonchev–Trinajstić information content (AvgIpc) is 3.38. The predicted octanol–water partition coefficient (Wildman–Crippen LogP) is 3.96. The van der Waals surface area contributed by atoms with E-state index in [4.69, 9.17) is 4.74 Å². The highest BCUT2D eigenvalue weighted by molar-refractivity contribution is 7.13. The van der Waals surface area contributed by atoms with Gasteiger partial charge in [0.15, 0.2) is 6.61 Å². The summed E-state index contributed by atoms with van der Waals surface area (Å²) >= 11 is 1.66. The van der Waals surface area contributed by atoms with Gasteiger partial charge >= 0.3 is 0 Å². The SMILES string of the molecule is O=C(COc1ccc2ccccc2c1)NCCn1ccc(-c2cccs2)n1. The minimum atomic E-state index is -0.145. The van der Waals surface area contributed by atoms with E-state index < -0.39 is 0 Å². The Hall–Kier alpha value is -3.12. The van der Waals surface area contributed by atoms with Crippen LogP contribution >= 0.6 is 11.3 Å². The molecule has 0 saturated carbocycles. The summed E-state index contributed by atoms with van der Waals surface area (Å²) in [6.07, 6.45) is 1.92. The lowest BCUT2D eigenvalue weighted by Crippen LogP contribution is -2.31. The maximum atomic E-state index is 12.0. The molecule has 0 aliphatic carbocycles. The molecule has 136 valence electrons. The summed E-state index contributed by atoms with van der Waals surface area (Å²) in [5.41, 5.74) is 0.955. The van der Waals surface area contributed by atoms with Crippen LogP contribution in [0.3, 0.4) is 0 Å². The maximum absolute atomic E-state index is 12.0. The molecule has 0 aliphatic rings. The fourth-order valence-corrected chi connectivity index (χ4v) is 3.50. The Morgan fingerprint density at radius 3 is 2.81 bits per heavy atom. The second kappa shape index (κ2) is 8.05. The van der Waals surface area contributed by atoms with Gasteiger partial charge in [-0.2, -0.15) is 5.10 Å². The Morgan fingerprint density at radius 2 is 1.96 bits per heavy atom. The fourth-order valence-electron chi connectivity index (χ4n) is 2.81. The van der Waals surface area contributed by atoms with Crippen LogP contribution < -0.4 is 10.1 Å². The summed E-state index contributed by atoms with van der Waals surface area (Å²) in [6, 6.07) is 19.9. The summed E-state index contributed by atoms with van der Waals surface area (Å²) in [7, 11) is 0. The molecule has 0 unspecified atom stereocenters. The molecule has 1 amide bonds. The van der Waals surface area contributed by atoms with Gasteiger partial charge < -0.3 is 10.1 Å². The number of fused-ring (bicyclic) bond motifs is 1. The number of nitrogens with one attached hydrogen (secondary N) is 1. The van der Waals surface area contributed by atoms with Crippen molar-refractivity contribution in [3.8, 4) is 16.3 Å². The van der Waals surface area contributed by atoms with Gasteiger partial charge in [-0.05, 0) is 40.4 Å². The van der Waals surface area contributed by atoms with Crippen molar-refractivity contribution in [2.75, 3.05) is 13.2 Å². The van der Waals surface area contributed by atoms with E-state index in [2.05, 4.69) is 10.4 Å². The monoisotopic (exact) mass is 377 g/mol. The van der Waals surface area contributed by atoms with Crippen LogP contribution in [0.4, 0.5) is 0 Å². The Labute approximate surface area is 161 Å². The number of benzene rings is 2. The molecule has 5 nitrogen and oxygen atoms in total. The molecule has 1 N–H and O–H groups in total. The van der Waals surface area contributed by atoms with Crippen LogP contribution in [0.15, 0.2) is 72.2 Å². The number of hydrogen-bond acceptors (Lipinski definition) is 4. The van der Waals surface area contributed by atoms with Crippen LogP contribution in [0, 0.1) is 0 Å². The summed E-state index contributed by atoms with van der Waals surface area (Å²) in [5, 5.41) is 11.7. The molecule has 0 spiro atoms. The molecule has 2 aromatic carbocycles. The van der Waals surface area contributed by atoms with Crippen LogP contribution in [0.2, 0.25) is 0 Å². The van der Waals surface area contributed by atoms with E-state index in [1.54, 1.807) is 11.3 Å². The second-order valence-corrected chi connectivity index (χ2v) is 7.04. The van der Waals surface area contributed by atoms with Gasteiger partial charge in [0.1, 0.15) is 11.4 Å². The van der Waals surface area contributed by atoms with E-state index in [-0.39, 0.29) is 12.5 Å². The van der Waals surface area contributed by atoms with Crippen molar-refractivity contribution in [2.45, 2.75) is 6.54 Å². The van der Waals surface area contributed by atoms with Gasteiger partial charge in [0.25, 0.3) is 5.91 Å². The molecule has 0 fully saturated rings. The highest BCUT2D eigenvalue weighted by atomic mass is 32.1. The minimum absolute atomic E-state index is 0.00209. The van der Waals surface area contributed by atoms with Crippen molar-refractivity contribution < 1.29 is 9.53 Å². The van der Waals surface area contributed by atoms with Crippen LogP contribution in [-0.4, -0.2) is 28.8 Å². The van der Waals surface area contributed by atoms with Crippen molar-refractivity contribution in [1.29, 1.82) is 0 Å². The van der Waals surface area contributed by atoms with Gasteiger partial charge in [-0.3, -0.25) is 9.48 Å². The van der Waals surface area contributed by atoms with Gasteiger partial charge in [-0.15, -0.1) is 11.3 Å². The first-order valence-corrected chi connectivity index (χ1v) is 9.61. The second-order valence-electron chi connectivity index (χ2n) is 6.09. The smallest absolute Gasteiger partial charge is 0.258 e. The number of ether oxygens (including phenoxy) is 1. The topological polar surface area (TPSA) is 56.1 Å². The normalized spacial score (nSPS) is 10.8. The largest absolute Gasteiger partial charge is 0.484 e. The van der Waals surface area contributed by atoms with E-state index in [1.807, 2.05) is 76.9 Å². The highest BCUT2D eigenvalue weighted by Crippen LogP contribution is 2.22. The minimum Gasteiger partial charge on any atom is -0.484 e. The lowest BCUT2D eigenvalue weighted by molar-refractivity contribution is -0.123. The van der Waals surface area contributed by atoms with Gasteiger partial charge in [-0.1, -0.05) is 36.4 Å². The zero-order chi connectivity index (χ0) is 18.5. The quantitative estimate of drug-likeness (QED) is 0.530. The summed E-state index contributed by atoms with van der Waals surface area (Å²) in [6.45, 7) is 1.12. The maximum Gasteiger partial charge on any atom is 0.258 e. The molecule has 2 aromatic heterocycles. The Kier molecular flexibility index (Phi) is 5.16. The number of thiophene rings is 1. The summed E-state index contributed by atoms with van der Waals surface area (Å²) in [4.78, 5) is 13.1. The number of carbonyl (C=O) groups excluding carboxylic acids is 1. The van der Waals surface area contributed by atoms with Crippen LogP contribution in [-0.2, 0) is 11.3 Å². The zero-order valence-corrected chi connectivity index (χ0v) is 15.5. The molecule has 0 saturated heterocycles. The first kappa shape index (κ1) is 17.3. The lowest BCUT2D eigenvalue weighted by atomic mass is 10.1. The van der Waals surface area contributed by atoms with Crippen molar-refractivity contribution in [3.63, 3.8) is 0 Å². The molecule has 27 heavy (non-hydrogen) atoms. The molecule has 0 atom stereocenters. The molecule has 0 aliphatic heterocycles. The molecular weight excluding hydrogens is 358 g/mol. The molecule has 6 heteroatoms. The average molecular weight is 377 g/mol. The summed E-state index contributed by atoms with van der Waals surface area (Å²) in [5.74, 6) is 0.547. The lowest BCUT2D eigenvalue weighted by Gasteiger charge is -2.08. The third-order valence-corrected chi connectivity index (χ3v) is 5.06. The Bertz CT molecular complexity index is 1040. The van der Waals surface area contributed by atoms with E-state index >= 15 is 0 Å². The van der Waals surface area contributed by atoms with Crippen molar-refractivity contribution in [1.82, 2.24) is 15.1 Å². The van der Waals surface area contributed by atoms with E-state index in [0.29, 0.717) is 18.8 Å². The molecule has 0 radical (unpaired) electrons. The number of aromatic nitrogens is 2. The van der Waals surface area contributed by atoms with E-state index in [0.717, 1.165) is 21.3 Å². The number of rotatable bonds is 7. The van der Waals surface area contributed by atoms with Crippen LogP contribution in [0.25, 0.3) is 21.3 Å². The van der Waals surface area contributed by atoms with E-state index in [9.17, 15) is 4.79 Å². The number of amides is 1. The summed E-state index contributed by atoms with van der Waals surface area (Å²) < 4.78 is 7.43. The van der Waals surface area contributed by atoms with Gasteiger partial charge in [-0.25, -0.2) is 0 Å². The first-order valence-electron chi connectivity index (χ1n) is 8.73. The highest BCUT2D eigenvalue weighted by Gasteiger charge is 2.05. The molecule has 4 rings (SSSR count). The standard InChI is InChI=1S/C21H19N3O2S/c25-21(15-26-18-8-7-16-4-1-2-5-17(16)14-18)22-10-12-24-11-9-19(23-24)20-6-3-13-27-20/h1-9,11,13-14H,10,12,15H2,(H,22,25). The first-order chi connectivity index (χ1) is 13.3. The third-order valence-electron chi connectivity index (χ3n) is 4.17. The van der Waals surface area contributed by atoms with Gasteiger partial charge in [0.2, 0.25) is 0 Å².